The van der Waals surface area contributed by atoms with Gasteiger partial charge in [-0.05, 0) is 59.7 Å². The van der Waals surface area contributed by atoms with Crippen LogP contribution >= 0.6 is 0 Å². The van der Waals surface area contributed by atoms with Gasteiger partial charge in [0.2, 0.25) is 0 Å². The summed E-state index contributed by atoms with van der Waals surface area (Å²) in [6, 6.07) is 15.2. The Morgan fingerprint density at radius 3 is 1.47 bits per heavy atom. The molecule has 12 heteroatoms. The largest absolute Gasteiger partial charge is 0.495 e. The van der Waals surface area contributed by atoms with Crippen molar-refractivity contribution < 1.29 is 42.8 Å². The Hall–Kier alpha value is -5.13. The average Bonchev–Trinajstić information content (AvgIpc) is 2.94. The van der Waals surface area contributed by atoms with Crippen molar-refractivity contribution in [2.75, 3.05) is 37.3 Å². The smallest absolute Gasteiger partial charge is 0.413 e. The predicted octanol–water partition coefficient (Wildman–Crippen LogP) is 7.26. The van der Waals surface area contributed by atoms with Gasteiger partial charge in [-0.3, -0.25) is 16.0 Å². The summed E-state index contributed by atoms with van der Waals surface area (Å²) in [7, 11) is 4.36. The van der Waals surface area contributed by atoms with Gasteiger partial charge in [-0.1, -0.05) is 36.4 Å². The van der Waals surface area contributed by atoms with Crippen LogP contribution in [0.4, 0.5) is 31.4 Å². The van der Waals surface area contributed by atoms with Crippen LogP contribution in [0.25, 0.3) is 0 Å². The lowest BCUT2D eigenvalue weighted by Gasteiger charge is -2.41. The number of nitrogens with one attached hydrogen (secondary N) is 3. The third-order valence-corrected chi connectivity index (χ3v) is 6.60. The Balaban J connectivity index is 2.13. The van der Waals surface area contributed by atoms with E-state index in [0.29, 0.717) is 17.0 Å². The maximum Gasteiger partial charge on any atom is 0.413 e. The van der Waals surface area contributed by atoms with E-state index in [1.807, 2.05) is 0 Å². The monoisotopic (exact) mass is 621 g/mol. The van der Waals surface area contributed by atoms with Gasteiger partial charge >= 0.3 is 18.3 Å². The van der Waals surface area contributed by atoms with Crippen LogP contribution in [0.1, 0.15) is 58.2 Å². The molecule has 240 valence electrons. The van der Waals surface area contributed by atoms with E-state index in [1.165, 1.54) is 21.3 Å². The number of para-hydroxylation sites is 3. The SMILES string of the molecule is COc1cccc(C2(c3cccc(OC)c3NC(=O)OC(C)(C)C)OC(=O)Nc3c(OC)cccc32)c1NC(=O)OC(C)(C)C. The van der Waals surface area contributed by atoms with Crippen molar-refractivity contribution >= 4 is 35.3 Å². The van der Waals surface area contributed by atoms with Crippen LogP contribution in [0.3, 0.4) is 0 Å². The molecular formula is C33H39N3O9. The molecule has 3 aromatic carbocycles. The summed E-state index contributed by atoms with van der Waals surface area (Å²) in [5.74, 6) is 0.852. The minimum absolute atomic E-state index is 0.156. The van der Waals surface area contributed by atoms with Gasteiger partial charge < -0.3 is 28.4 Å². The minimum atomic E-state index is -1.84. The number of hydrogen-bond acceptors (Lipinski definition) is 9. The summed E-state index contributed by atoms with van der Waals surface area (Å²) in [6.45, 7) is 10.4. The maximum atomic E-state index is 13.5. The molecule has 0 atom stereocenters. The first-order valence-electron chi connectivity index (χ1n) is 14.2. The molecule has 0 saturated carbocycles. The molecule has 3 amide bonds. The first kappa shape index (κ1) is 32.8. The number of carbonyl (C=O) groups is 3. The Morgan fingerprint density at radius 2 is 1.07 bits per heavy atom. The van der Waals surface area contributed by atoms with E-state index in [4.69, 9.17) is 28.4 Å². The third-order valence-electron chi connectivity index (χ3n) is 6.60. The van der Waals surface area contributed by atoms with Gasteiger partial charge in [0.05, 0.1) is 38.4 Å². The molecule has 12 nitrogen and oxygen atoms in total. The highest BCUT2D eigenvalue weighted by atomic mass is 16.6. The van der Waals surface area contributed by atoms with Crippen LogP contribution < -0.4 is 30.2 Å². The molecule has 3 N–H and O–H groups in total. The van der Waals surface area contributed by atoms with Crippen LogP contribution in [-0.4, -0.2) is 50.8 Å². The highest BCUT2D eigenvalue weighted by Crippen LogP contribution is 2.55. The molecule has 0 spiro atoms. The Kier molecular flexibility index (Phi) is 9.08. The van der Waals surface area contributed by atoms with Crippen molar-refractivity contribution in [2.45, 2.75) is 58.3 Å². The molecule has 1 aliphatic heterocycles. The van der Waals surface area contributed by atoms with Gasteiger partial charge in [0.1, 0.15) is 28.5 Å². The van der Waals surface area contributed by atoms with Crippen molar-refractivity contribution in [3.8, 4) is 17.2 Å². The molecule has 1 heterocycles. The van der Waals surface area contributed by atoms with Gasteiger partial charge in [0, 0.05) is 16.7 Å². The summed E-state index contributed by atoms with van der Waals surface area (Å²) < 4.78 is 34.4. The van der Waals surface area contributed by atoms with Crippen molar-refractivity contribution in [3.63, 3.8) is 0 Å². The standard InChI is InChI=1S/C33H39N3O9/c1-31(2,3)43-28(37)34-25-19(13-10-16-22(25)40-7)33(21-15-12-18-24(42-9)27(21)36-30(39)45-33)20-14-11-17-23(41-8)26(20)35-29(38)44-32(4,5)6/h10-18H,1-9H3,(H,34,37)(H,35,38)(H,36,39). The molecule has 0 radical (unpaired) electrons. The fraction of sp³-hybridized carbons (Fsp3) is 0.364. The van der Waals surface area contributed by atoms with Crippen molar-refractivity contribution in [3.05, 3.63) is 71.3 Å². The van der Waals surface area contributed by atoms with E-state index in [9.17, 15) is 14.4 Å². The van der Waals surface area contributed by atoms with Crippen molar-refractivity contribution in [2.24, 2.45) is 0 Å². The van der Waals surface area contributed by atoms with Crippen molar-refractivity contribution in [1.29, 1.82) is 0 Å². The minimum Gasteiger partial charge on any atom is -0.495 e. The summed E-state index contributed by atoms with van der Waals surface area (Å²) in [5, 5.41) is 8.34. The Morgan fingerprint density at radius 1 is 0.667 bits per heavy atom. The fourth-order valence-electron chi connectivity index (χ4n) is 5.05. The molecule has 0 saturated heterocycles. The molecule has 0 fully saturated rings. The zero-order valence-electron chi connectivity index (χ0n) is 26.9. The topological polar surface area (TPSA) is 143 Å². The lowest BCUT2D eigenvalue weighted by molar-refractivity contribution is 0.0624. The maximum absolute atomic E-state index is 13.5. The summed E-state index contributed by atoms with van der Waals surface area (Å²) in [4.78, 5) is 39.9. The summed E-state index contributed by atoms with van der Waals surface area (Å²) in [5.41, 5.74) is -1.88. The second kappa shape index (κ2) is 12.5. The molecule has 0 unspecified atom stereocenters. The number of fused-ring (bicyclic) bond motifs is 1. The molecule has 45 heavy (non-hydrogen) atoms. The normalized spacial score (nSPS) is 13.8. The summed E-state index contributed by atoms with van der Waals surface area (Å²) in [6.07, 6.45) is -2.37. The van der Waals surface area contributed by atoms with Gasteiger partial charge in [-0.2, -0.15) is 0 Å². The predicted molar refractivity (Wildman–Crippen MR) is 169 cm³/mol. The first-order valence-corrected chi connectivity index (χ1v) is 14.2. The van der Waals surface area contributed by atoms with E-state index in [-0.39, 0.29) is 34.0 Å². The number of benzene rings is 3. The highest BCUT2D eigenvalue weighted by molar-refractivity contribution is 5.97. The summed E-state index contributed by atoms with van der Waals surface area (Å²) >= 11 is 0. The lowest BCUT2D eigenvalue weighted by atomic mass is 9.76. The van der Waals surface area contributed by atoms with Gasteiger partial charge in [-0.15, -0.1) is 0 Å². The number of cyclic esters (lactones) is 1. The molecule has 0 bridgehead atoms. The van der Waals surface area contributed by atoms with Gasteiger partial charge in [0.15, 0.2) is 5.60 Å². The zero-order valence-corrected chi connectivity index (χ0v) is 26.9. The van der Waals surface area contributed by atoms with E-state index in [0.717, 1.165) is 0 Å². The molecule has 1 aliphatic rings. The highest BCUT2D eigenvalue weighted by Gasteiger charge is 2.50. The Labute approximate surface area is 262 Å². The number of ether oxygens (including phenoxy) is 6. The van der Waals surface area contributed by atoms with Crippen LogP contribution in [-0.2, 0) is 19.8 Å². The van der Waals surface area contributed by atoms with Crippen LogP contribution in [0.5, 0.6) is 17.2 Å². The van der Waals surface area contributed by atoms with E-state index >= 15 is 0 Å². The van der Waals surface area contributed by atoms with E-state index in [2.05, 4.69) is 16.0 Å². The first-order chi connectivity index (χ1) is 21.1. The molecule has 0 aromatic heterocycles. The van der Waals surface area contributed by atoms with E-state index < -0.39 is 35.1 Å². The number of hydrogen-bond donors (Lipinski definition) is 3. The number of anilines is 3. The second-order valence-corrected chi connectivity index (χ2v) is 12.1. The molecular weight excluding hydrogens is 582 g/mol. The number of amides is 3. The number of methoxy groups -OCH3 is 3. The lowest BCUT2D eigenvalue weighted by Crippen LogP contribution is -2.43. The number of carbonyl (C=O) groups excluding carboxylic acids is 3. The second-order valence-electron chi connectivity index (χ2n) is 12.1. The molecule has 3 aromatic rings. The molecule has 4 rings (SSSR count). The van der Waals surface area contributed by atoms with Crippen LogP contribution in [0.15, 0.2) is 54.6 Å². The van der Waals surface area contributed by atoms with Gasteiger partial charge in [0.25, 0.3) is 0 Å². The molecule has 0 aliphatic carbocycles. The van der Waals surface area contributed by atoms with Crippen LogP contribution in [0.2, 0.25) is 0 Å². The Bertz CT molecular complexity index is 1520. The van der Waals surface area contributed by atoms with E-state index in [1.54, 1.807) is 96.1 Å². The number of rotatable bonds is 7. The fourth-order valence-corrected chi connectivity index (χ4v) is 5.05. The third kappa shape index (κ3) is 6.84. The zero-order chi connectivity index (χ0) is 33.2. The quantitative estimate of drug-likeness (QED) is 0.232. The van der Waals surface area contributed by atoms with Crippen LogP contribution in [0, 0.1) is 0 Å². The van der Waals surface area contributed by atoms with Crippen molar-refractivity contribution in [1.82, 2.24) is 0 Å². The van der Waals surface area contributed by atoms with Gasteiger partial charge in [-0.25, -0.2) is 14.4 Å². The average molecular weight is 622 g/mol.